The largest absolute Gasteiger partial charge is 0.350 e. The van der Waals surface area contributed by atoms with E-state index in [0.717, 1.165) is 5.56 Å². The number of hydrogen-bond donors (Lipinski definition) is 1. The second-order valence-corrected chi connectivity index (χ2v) is 6.79. The number of nitrogens with zero attached hydrogens (tertiary/aromatic N) is 2. The van der Waals surface area contributed by atoms with Crippen LogP contribution >= 0.6 is 23.2 Å². The topological polar surface area (TPSA) is 64.0 Å². The van der Waals surface area contributed by atoms with Crippen molar-refractivity contribution >= 4 is 40.0 Å². The number of carbonyl (C=O) groups is 1. The van der Waals surface area contributed by atoms with Gasteiger partial charge in [-0.3, -0.25) is 14.2 Å². The lowest BCUT2D eigenvalue weighted by atomic mass is 10.1. The minimum Gasteiger partial charge on any atom is -0.350 e. The van der Waals surface area contributed by atoms with Crippen LogP contribution in [0.3, 0.4) is 0 Å². The fourth-order valence-corrected chi connectivity index (χ4v) is 2.97. The van der Waals surface area contributed by atoms with Crippen molar-refractivity contribution in [2.75, 3.05) is 0 Å². The van der Waals surface area contributed by atoms with E-state index in [9.17, 15) is 9.59 Å². The van der Waals surface area contributed by atoms with E-state index in [2.05, 4.69) is 10.3 Å². The lowest BCUT2D eigenvalue weighted by molar-refractivity contribution is -0.121. The molecule has 0 fully saturated rings. The molecule has 1 amide bonds. The maximum atomic E-state index is 12.4. The Kier molecular flexibility index (Phi) is 5.59. The normalized spacial score (nSPS) is 12.1. The van der Waals surface area contributed by atoms with E-state index in [-0.39, 0.29) is 30.5 Å². The van der Waals surface area contributed by atoms with Gasteiger partial charge in [0.15, 0.2) is 0 Å². The van der Waals surface area contributed by atoms with Gasteiger partial charge in [0.1, 0.15) is 0 Å². The molecule has 0 unspecified atom stereocenters. The van der Waals surface area contributed by atoms with Gasteiger partial charge in [-0.25, -0.2) is 4.98 Å². The molecule has 0 radical (unpaired) electrons. The number of rotatable bonds is 5. The second kappa shape index (κ2) is 7.89. The summed E-state index contributed by atoms with van der Waals surface area (Å²) in [5, 5.41) is 4.35. The summed E-state index contributed by atoms with van der Waals surface area (Å²) in [7, 11) is 0. The summed E-state index contributed by atoms with van der Waals surface area (Å²) in [6.07, 6.45) is 1.64. The first-order valence-electron chi connectivity index (χ1n) is 8.14. The van der Waals surface area contributed by atoms with Crippen molar-refractivity contribution < 1.29 is 4.79 Å². The average Bonchev–Trinajstić information content (AvgIpc) is 2.63. The number of hydrogen-bond acceptors (Lipinski definition) is 3. The molecule has 2 aromatic carbocycles. The lowest BCUT2D eigenvalue weighted by Crippen LogP contribution is -2.29. The monoisotopic (exact) mass is 389 g/mol. The van der Waals surface area contributed by atoms with E-state index in [4.69, 9.17) is 23.2 Å². The molecule has 0 bridgehead atoms. The van der Waals surface area contributed by atoms with Gasteiger partial charge in [0.2, 0.25) is 5.91 Å². The smallest absolute Gasteiger partial charge is 0.261 e. The van der Waals surface area contributed by atoms with Gasteiger partial charge in [0, 0.05) is 13.0 Å². The van der Waals surface area contributed by atoms with Crippen molar-refractivity contribution in [1.82, 2.24) is 14.9 Å². The van der Waals surface area contributed by atoms with Gasteiger partial charge < -0.3 is 5.32 Å². The Labute approximate surface area is 160 Å². The van der Waals surface area contributed by atoms with Crippen LogP contribution in [0.25, 0.3) is 10.9 Å². The van der Waals surface area contributed by atoms with Crippen LogP contribution in [-0.2, 0) is 11.3 Å². The standard InChI is InChI=1S/C19H17Cl2N3O2/c1-12(13-6-7-15(20)16(21)10-13)23-18(25)8-9-24-11-22-17-5-3-2-4-14(17)19(24)26/h2-7,10-12H,8-9H2,1H3,(H,23,25)/t12-/m0/s1. The zero-order chi connectivity index (χ0) is 18.7. The summed E-state index contributed by atoms with van der Waals surface area (Å²) >= 11 is 11.9. The van der Waals surface area contributed by atoms with Crippen molar-refractivity contribution in [2.45, 2.75) is 25.9 Å². The van der Waals surface area contributed by atoms with Crippen molar-refractivity contribution in [3.8, 4) is 0 Å². The molecule has 1 N–H and O–H groups in total. The first-order chi connectivity index (χ1) is 12.5. The van der Waals surface area contributed by atoms with Crippen LogP contribution in [0.1, 0.15) is 24.9 Å². The third kappa shape index (κ3) is 4.06. The van der Waals surface area contributed by atoms with Crippen molar-refractivity contribution in [1.29, 1.82) is 0 Å². The molecule has 134 valence electrons. The molecular formula is C19H17Cl2N3O2. The van der Waals surface area contributed by atoms with E-state index in [1.807, 2.05) is 19.1 Å². The minimum absolute atomic E-state index is 0.152. The Hall–Kier alpha value is -2.37. The molecule has 1 heterocycles. The van der Waals surface area contributed by atoms with E-state index >= 15 is 0 Å². The Bertz CT molecular complexity index is 1020. The minimum atomic E-state index is -0.219. The first-order valence-corrected chi connectivity index (χ1v) is 8.90. The van der Waals surface area contributed by atoms with Gasteiger partial charge in [0.25, 0.3) is 5.56 Å². The molecule has 5 nitrogen and oxygen atoms in total. The number of amides is 1. The molecule has 7 heteroatoms. The van der Waals surface area contributed by atoms with Crippen LogP contribution < -0.4 is 10.9 Å². The number of aromatic nitrogens is 2. The highest BCUT2D eigenvalue weighted by Gasteiger charge is 2.12. The second-order valence-electron chi connectivity index (χ2n) is 5.97. The maximum absolute atomic E-state index is 12.4. The number of aryl methyl sites for hydroxylation is 1. The predicted octanol–water partition coefficient (Wildman–Crippen LogP) is 3.97. The summed E-state index contributed by atoms with van der Waals surface area (Å²) in [6.45, 7) is 2.12. The Morgan fingerprint density at radius 2 is 1.96 bits per heavy atom. The SMILES string of the molecule is C[C@H](NC(=O)CCn1cnc2ccccc2c1=O)c1ccc(Cl)c(Cl)c1. The molecule has 1 atom stereocenters. The Morgan fingerprint density at radius 3 is 2.73 bits per heavy atom. The lowest BCUT2D eigenvalue weighted by Gasteiger charge is -2.15. The summed E-state index contributed by atoms with van der Waals surface area (Å²) in [4.78, 5) is 28.9. The molecular weight excluding hydrogens is 373 g/mol. The first kappa shape index (κ1) is 18.4. The van der Waals surface area contributed by atoms with Crippen molar-refractivity contribution in [2.24, 2.45) is 0 Å². The fraction of sp³-hybridized carbons (Fsp3) is 0.211. The number of fused-ring (bicyclic) bond motifs is 1. The highest BCUT2D eigenvalue weighted by molar-refractivity contribution is 6.42. The molecule has 0 aliphatic carbocycles. The van der Waals surface area contributed by atoms with Gasteiger partial charge >= 0.3 is 0 Å². The molecule has 0 spiro atoms. The van der Waals surface area contributed by atoms with Crippen LogP contribution in [0.5, 0.6) is 0 Å². The summed E-state index contributed by atoms with van der Waals surface area (Å²) in [5.41, 5.74) is 1.35. The predicted molar refractivity (Wildman–Crippen MR) is 104 cm³/mol. The van der Waals surface area contributed by atoms with Gasteiger partial charge in [-0.15, -0.1) is 0 Å². The van der Waals surface area contributed by atoms with Gasteiger partial charge in [-0.1, -0.05) is 41.4 Å². The number of carbonyl (C=O) groups excluding carboxylic acids is 1. The van der Waals surface area contributed by atoms with E-state index in [1.54, 1.807) is 30.3 Å². The number of halogens is 2. The molecule has 3 aromatic rings. The van der Waals surface area contributed by atoms with Gasteiger partial charge in [-0.2, -0.15) is 0 Å². The third-order valence-corrected chi connectivity index (χ3v) is 4.87. The van der Waals surface area contributed by atoms with Gasteiger partial charge in [-0.05, 0) is 36.8 Å². The zero-order valence-electron chi connectivity index (χ0n) is 14.1. The van der Waals surface area contributed by atoms with E-state index in [1.165, 1.54) is 10.9 Å². The quantitative estimate of drug-likeness (QED) is 0.717. The Balaban J connectivity index is 1.64. The average molecular weight is 390 g/mol. The molecule has 0 saturated heterocycles. The molecule has 0 aliphatic heterocycles. The van der Waals surface area contributed by atoms with E-state index in [0.29, 0.717) is 20.9 Å². The summed E-state index contributed by atoms with van der Waals surface area (Å²) in [5.74, 6) is -0.163. The highest BCUT2D eigenvalue weighted by atomic mass is 35.5. The molecule has 26 heavy (non-hydrogen) atoms. The number of para-hydroxylation sites is 1. The molecule has 3 rings (SSSR count). The summed E-state index contributed by atoms with van der Waals surface area (Å²) in [6, 6.07) is 12.2. The van der Waals surface area contributed by atoms with Crippen LogP contribution in [0.15, 0.2) is 53.6 Å². The molecule has 1 aromatic heterocycles. The zero-order valence-corrected chi connectivity index (χ0v) is 15.6. The van der Waals surface area contributed by atoms with Gasteiger partial charge in [0.05, 0.1) is 33.3 Å². The fourth-order valence-electron chi connectivity index (χ4n) is 2.67. The molecule has 0 saturated carbocycles. The number of nitrogens with one attached hydrogen (secondary N) is 1. The van der Waals surface area contributed by atoms with Crippen molar-refractivity contribution in [3.05, 3.63) is 74.8 Å². The highest BCUT2D eigenvalue weighted by Crippen LogP contribution is 2.25. The van der Waals surface area contributed by atoms with Crippen LogP contribution in [0, 0.1) is 0 Å². The third-order valence-electron chi connectivity index (χ3n) is 4.13. The summed E-state index contributed by atoms with van der Waals surface area (Å²) < 4.78 is 1.45. The van der Waals surface area contributed by atoms with E-state index < -0.39 is 0 Å². The Morgan fingerprint density at radius 1 is 1.19 bits per heavy atom. The van der Waals surface area contributed by atoms with Crippen molar-refractivity contribution in [3.63, 3.8) is 0 Å². The van der Waals surface area contributed by atoms with Crippen LogP contribution in [-0.4, -0.2) is 15.5 Å². The van der Waals surface area contributed by atoms with Crippen LogP contribution in [0.4, 0.5) is 0 Å². The molecule has 0 aliphatic rings. The van der Waals surface area contributed by atoms with Crippen LogP contribution in [0.2, 0.25) is 10.0 Å². The maximum Gasteiger partial charge on any atom is 0.261 e. The number of benzene rings is 2.